The number of aromatic nitrogens is 2. The summed E-state index contributed by atoms with van der Waals surface area (Å²) < 4.78 is 11.1. The van der Waals surface area contributed by atoms with Gasteiger partial charge in [-0.3, -0.25) is 0 Å². The monoisotopic (exact) mass is 362 g/mol. The fourth-order valence-electron chi connectivity index (χ4n) is 1.18. The van der Waals surface area contributed by atoms with Crippen molar-refractivity contribution < 1.29 is 14.3 Å². The number of nitrogens with zero attached hydrogens (tertiary/aromatic N) is 2. The second-order valence-electron chi connectivity index (χ2n) is 3.27. The highest BCUT2D eigenvalue weighted by molar-refractivity contribution is 9.10. The molecule has 2 rings (SSSR count). The van der Waals surface area contributed by atoms with Gasteiger partial charge in [0, 0.05) is 4.47 Å². The fourth-order valence-corrected chi connectivity index (χ4v) is 2.27. The molecule has 1 aromatic carbocycles. The van der Waals surface area contributed by atoms with E-state index in [1.54, 1.807) is 25.1 Å². The zero-order valence-electron chi connectivity index (χ0n) is 9.72. The minimum absolute atomic E-state index is 0.142. The van der Waals surface area contributed by atoms with E-state index in [9.17, 15) is 4.79 Å². The van der Waals surface area contributed by atoms with E-state index in [4.69, 9.17) is 21.1 Å². The van der Waals surface area contributed by atoms with Crippen molar-refractivity contribution in [1.82, 2.24) is 10.2 Å². The summed E-state index contributed by atoms with van der Waals surface area (Å²) in [6, 6.07) is 5.18. The Morgan fingerprint density at radius 2 is 2.26 bits per heavy atom. The molecule has 0 aliphatic rings. The summed E-state index contributed by atoms with van der Waals surface area (Å²) >= 11 is 10.3. The third kappa shape index (κ3) is 3.65. The van der Waals surface area contributed by atoms with E-state index in [1.165, 1.54) is 0 Å². The quantitative estimate of drug-likeness (QED) is 0.770. The molecular formula is C11H8BrClN2O3S. The molecule has 0 unspecified atom stereocenters. The van der Waals surface area contributed by atoms with Crippen LogP contribution in [0.3, 0.4) is 0 Å². The first-order valence-electron chi connectivity index (χ1n) is 5.23. The maximum atomic E-state index is 11.4. The molecule has 0 radical (unpaired) electrons. The molecule has 2 aromatic rings. The first-order valence-corrected chi connectivity index (χ1v) is 7.22. The van der Waals surface area contributed by atoms with E-state index in [2.05, 4.69) is 26.1 Å². The molecule has 1 heterocycles. The number of carbonyl (C=O) groups excluding carboxylic acids is 1. The summed E-state index contributed by atoms with van der Waals surface area (Å²) in [7, 11) is 0. The van der Waals surface area contributed by atoms with Crippen molar-refractivity contribution in [3.8, 4) is 10.9 Å². The Hall–Kier alpha value is -1.18. The van der Waals surface area contributed by atoms with Gasteiger partial charge in [0.05, 0.1) is 11.6 Å². The van der Waals surface area contributed by atoms with Crippen LogP contribution in [0.2, 0.25) is 5.02 Å². The van der Waals surface area contributed by atoms with Crippen LogP contribution < -0.4 is 4.74 Å². The number of hydrogen-bond acceptors (Lipinski definition) is 6. The SMILES string of the molecule is CCOC(=O)c1nnc(Oc2cc(Br)ccc2Cl)s1. The average molecular weight is 364 g/mol. The lowest BCUT2D eigenvalue weighted by molar-refractivity contribution is 0.0525. The lowest BCUT2D eigenvalue weighted by atomic mass is 10.3. The second kappa shape index (κ2) is 6.31. The number of hydrogen-bond donors (Lipinski definition) is 0. The first-order chi connectivity index (χ1) is 9.10. The predicted octanol–water partition coefficient (Wildman–Crippen LogP) is 3.92. The van der Waals surface area contributed by atoms with E-state index < -0.39 is 5.97 Å². The van der Waals surface area contributed by atoms with Gasteiger partial charge in [0.1, 0.15) is 5.75 Å². The highest BCUT2D eigenvalue weighted by Gasteiger charge is 2.15. The normalized spacial score (nSPS) is 10.3. The van der Waals surface area contributed by atoms with Crippen LogP contribution in [-0.4, -0.2) is 22.8 Å². The molecule has 100 valence electrons. The smallest absolute Gasteiger partial charge is 0.369 e. The number of carbonyl (C=O) groups is 1. The van der Waals surface area contributed by atoms with Crippen LogP contribution in [0.5, 0.6) is 10.9 Å². The fraction of sp³-hybridized carbons (Fsp3) is 0.182. The number of esters is 1. The van der Waals surface area contributed by atoms with Crippen molar-refractivity contribution >= 4 is 44.8 Å². The van der Waals surface area contributed by atoms with E-state index in [0.717, 1.165) is 15.8 Å². The molecule has 1 aromatic heterocycles. The van der Waals surface area contributed by atoms with Crippen LogP contribution in [0.1, 0.15) is 16.7 Å². The summed E-state index contributed by atoms with van der Waals surface area (Å²) in [6.07, 6.45) is 0. The Kier molecular flexibility index (Phi) is 4.73. The molecule has 0 fully saturated rings. The number of halogens is 2. The molecule has 0 atom stereocenters. The maximum Gasteiger partial charge on any atom is 0.369 e. The van der Waals surface area contributed by atoms with Gasteiger partial charge in [-0.1, -0.05) is 32.6 Å². The first kappa shape index (κ1) is 14.2. The van der Waals surface area contributed by atoms with Crippen LogP contribution in [0.4, 0.5) is 0 Å². The average Bonchev–Trinajstić information content (AvgIpc) is 2.83. The van der Waals surface area contributed by atoms with Gasteiger partial charge in [-0.25, -0.2) is 4.79 Å². The zero-order valence-corrected chi connectivity index (χ0v) is 12.9. The lowest BCUT2D eigenvalue weighted by Gasteiger charge is -2.03. The van der Waals surface area contributed by atoms with Crippen molar-refractivity contribution in [3.05, 3.63) is 32.7 Å². The molecule has 8 heteroatoms. The highest BCUT2D eigenvalue weighted by Crippen LogP contribution is 2.33. The van der Waals surface area contributed by atoms with Crippen molar-refractivity contribution in [1.29, 1.82) is 0 Å². The molecule has 0 spiro atoms. The van der Waals surface area contributed by atoms with Gasteiger partial charge in [0.25, 0.3) is 5.19 Å². The topological polar surface area (TPSA) is 61.3 Å². The van der Waals surface area contributed by atoms with Crippen molar-refractivity contribution in [2.75, 3.05) is 6.61 Å². The number of rotatable bonds is 4. The molecule has 0 amide bonds. The molecule has 0 saturated heterocycles. The summed E-state index contributed by atoms with van der Waals surface area (Å²) in [6.45, 7) is 2.00. The van der Waals surface area contributed by atoms with E-state index in [1.807, 2.05) is 0 Å². The molecule has 0 bridgehead atoms. The number of ether oxygens (including phenoxy) is 2. The molecule has 0 aliphatic carbocycles. The summed E-state index contributed by atoms with van der Waals surface area (Å²) in [5, 5.41) is 8.26. The van der Waals surface area contributed by atoms with Gasteiger partial charge in [0.2, 0.25) is 5.01 Å². The second-order valence-corrected chi connectivity index (χ2v) is 5.53. The van der Waals surface area contributed by atoms with Crippen LogP contribution in [-0.2, 0) is 4.74 Å². The van der Waals surface area contributed by atoms with Crippen LogP contribution in [0, 0.1) is 0 Å². The number of benzene rings is 1. The molecular weight excluding hydrogens is 356 g/mol. The standard InChI is InChI=1S/C11H8BrClN2O3S/c1-2-17-10(16)9-14-15-11(19-9)18-8-5-6(12)3-4-7(8)13/h3-5H,2H2,1H3. The summed E-state index contributed by atoms with van der Waals surface area (Å²) in [4.78, 5) is 11.4. The molecule has 0 aliphatic heterocycles. The third-order valence-electron chi connectivity index (χ3n) is 1.95. The highest BCUT2D eigenvalue weighted by atomic mass is 79.9. The minimum Gasteiger partial charge on any atom is -0.461 e. The van der Waals surface area contributed by atoms with Gasteiger partial charge in [-0.15, -0.1) is 5.10 Å². The Morgan fingerprint density at radius 3 is 3.00 bits per heavy atom. The van der Waals surface area contributed by atoms with E-state index >= 15 is 0 Å². The van der Waals surface area contributed by atoms with Crippen LogP contribution in [0.15, 0.2) is 22.7 Å². The van der Waals surface area contributed by atoms with Gasteiger partial charge in [0.15, 0.2) is 0 Å². The Bertz CT molecular complexity index is 605. The van der Waals surface area contributed by atoms with Gasteiger partial charge in [-0.05, 0) is 36.5 Å². The van der Waals surface area contributed by atoms with Crippen LogP contribution in [0.25, 0.3) is 0 Å². The Balaban J connectivity index is 2.15. The summed E-state index contributed by atoms with van der Waals surface area (Å²) in [5.41, 5.74) is 0. The van der Waals surface area contributed by atoms with Gasteiger partial charge in [-0.2, -0.15) is 0 Å². The molecule has 0 saturated carbocycles. The van der Waals surface area contributed by atoms with E-state index in [-0.39, 0.29) is 16.8 Å². The molecule has 0 N–H and O–H groups in total. The summed E-state index contributed by atoms with van der Waals surface area (Å²) in [5.74, 6) is -0.0854. The van der Waals surface area contributed by atoms with Gasteiger partial charge >= 0.3 is 5.97 Å². The predicted molar refractivity (Wildman–Crippen MR) is 75.1 cm³/mol. The maximum absolute atomic E-state index is 11.4. The van der Waals surface area contributed by atoms with Crippen molar-refractivity contribution in [2.24, 2.45) is 0 Å². The lowest BCUT2D eigenvalue weighted by Crippen LogP contribution is -2.03. The minimum atomic E-state index is -0.518. The Labute approximate surface area is 126 Å². The largest absolute Gasteiger partial charge is 0.461 e. The van der Waals surface area contributed by atoms with Gasteiger partial charge < -0.3 is 9.47 Å². The molecule has 5 nitrogen and oxygen atoms in total. The van der Waals surface area contributed by atoms with Crippen LogP contribution >= 0.6 is 38.9 Å². The van der Waals surface area contributed by atoms with Crippen molar-refractivity contribution in [2.45, 2.75) is 6.92 Å². The molecule has 19 heavy (non-hydrogen) atoms. The third-order valence-corrected chi connectivity index (χ3v) is 3.53. The Morgan fingerprint density at radius 1 is 1.47 bits per heavy atom. The zero-order chi connectivity index (χ0) is 13.8. The van der Waals surface area contributed by atoms with E-state index in [0.29, 0.717) is 10.8 Å². The van der Waals surface area contributed by atoms with Crippen molar-refractivity contribution in [3.63, 3.8) is 0 Å².